The molecule has 0 saturated carbocycles. The van der Waals surface area contributed by atoms with Gasteiger partial charge in [-0.1, -0.05) is 24.3 Å². The predicted octanol–water partition coefficient (Wildman–Crippen LogP) is 3.57. The molecule has 100 valence electrons. The molecule has 0 aliphatic rings. The van der Waals surface area contributed by atoms with E-state index < -0.39 is 17.5 Å². The van der Waals surface area contributed by atoms with Crippen molar-refractivity contribution in [3.63, 3.8) is 0 Å². The minimum atomic E-state index is -4.48. The number of phenols is 1. The molecule has 0 aliphatic carbocycles. The second kappa shape index (κ2) is 4.93. The van der Waals surface area contributed by atoms with E-state index in [9.17, 15) is 18.3 Å². The van der Waals surface area contributed by atoms with Gasteiger partial charge in [-0.25, -0.2) is 0 Å². The lowest BCUT2D eigenvalue weighted by Crippen LogP contribution is -2.04. The smallest absolute Gasteiger partial charge is 0.416 e. The summed E-state index contributed by atoms with van der Waals surface area (Å²) < 4.78 is 37.4. The number of aliphatic hydroxyl groups is 1. The van der Waals surface area contributed by atoms with E-state index in [1.165, 1.54) is 6.07 Å². The number of phenolic OH excluding ortho intramolecular Hbond substituents is 1. The van der Waals surface area contributed by atoms with Gasteiger partial charge in [-0.3, -0.25) is 0 Å². The van der Waals surface area contributed by atoms with Crippen molar-refractivity contribution in [2.24, 2.45) is 0 Å². The lowest BCUT2D eigenvalue weighted by Gasteiger charge is -2.10. The quantitative estimate of drug-likeness (QED) is 0.874. The van der Waals surface area contributed by atoms with Crippen molar-refractivity contribution < 1.29 is 23.4 Å². The molecule has 0 saturated heterocycles. The molecule has 0 radical (unpaired) electrons. The Balaban J connectivity index is 2.46. The molecule has 0 unspecified atom stereocenters. The minimum Gasteiger partial charge on any atom is -0.507 e. The molecule has 19 heavy (non-hydrogen) atoms. The van der Waals surface area contributed by atoms with Gasteiger partial charge in [0, 0.05) is 5.56 Å². The third kappa shape index (κ3) is 2.88. The molecule has 2 nitrogen and oxygen atoms in total. The molecule has 2 aromatic carbocycles. The molecule has 2 N–H and O–H groups in total. The first-order valence-electron chi connectivity index (χ1n) is 5.52. The van der Waals surface area contributed by atoms with Gasteiger partial charge in [0.15, 0.2) is 0 Å². The van der Waals surface area contributed by atoms with Gasteiger partial charge in [0.1, 0.15) is 5.75 Å². The summed E-state index contributed by atoms with van der Waals surface area (Å²) in [6, 6.07) is 9.45. The lowest BCUT2D eigenvalue weighted by atomic mass is 10.0. The first-order chi connectivity index (χ1) is 8.91. The average molecular weight is 268 g/mol. The van der Waals surface area contributed by atoms with Crippen LogP contribution >= 0.6 is 0 Å². The molecule has 0 amide bonds. The molecule has 0 bridgehead atoms. The fourth-order valence-corrected chi connectivity index (χ4v) is 1.79. The van der Waals surface area contributed by atoms with Gasteiger partial charge in [-0.05, 0) is 29.3 Å². The third-order valence-corrected chi connectivity index (χ3v) is 2.75. The summed E-state index contributed by atoms with van der Waals surface area (Å²) in [5.41, 5.74) is 0.574. The van der Waals surface area contributed by atoms with E-state index >= 15 is 0 Å². The Morgan fingerprint density at radius 2 is 1.74 bits per heavy atom. The van der Waals surface area contributed by atoms with Crippen molar-refractivity contribution in [2.45, 2.75) is 12.8 Å². The van der Waals surface area contributed by atoms with E-state index in [1.807, 2.05) is 0 Å². The van der Waals surface area contributed by atoms with Crippen LogP contribution in [0.1, 0.15) is 11.1 Å². The number of benzene rings is 2. The fourth-order valence-electron chi connectivity index (χ4n) is 1.79. The van der Waals surface area contributed by atoms with Crippen molar-refractivity contribution in [1.82, 2.24) is 0 Å². The summed E-state index contributed by atoms with van der Waals surface area (Å²) in [5.74, 6) is -0.440. The number of aromatic hydroxyl groups is 1. The highest BCUT2D eigenvalue weighted by Crippen LogP contribution is 2.36. The van der Waals surface area contributed by atoms with Crippen LogP contribution in [0.2, 0.25) is 0 Å². The summed E-state index contributed by atoms with van der Waals surface area (Å²) in [6.45, 7) is -0.171. The summed E-state index contributed by atoms with van der Waals surface area (Å²) >= 11 is 0. The number of alkyl halides is 3. The highest BCUT2D eigenvalue weighted by molar-refractivity contribution is 5.71. The number of hydrogen-bond donors (Lipinski definition) is 2. The Hall–Kier alpha value is -2.01. The van der Waals surface area contributed by atoms with Crippen molar-refractivity contribution in [2.75, 3.05) is 0 Å². The summed E-state index contributed by atoms with van der Waals surface area (Å²) in [7, 11) is 0. The predicted molar refractivity (Wildman–Crippen MR) is 64.5 cm³/mol. The van der Waals surface area contributed by atoms with E-state index in [0.29, 0.717) is 22.8 Å². The first-order valence-corrected chi connectivity index (χ1v) is 5.52. The van der Waals surface area contributed by atoms with E-state index in [4.69, 9.17) is 5.11 Å². The number of aliphatic hydroxyl groups excluding tert-OH is 1. The number of halogens is 3. The highest BCUT2D eigenvalue weighted by Gasteiger charge is 2.31. The second-order valence-corrected chi connectivity index (χ2v) is 4.09. The van der Waals surface area contributed by atoms with Crippen LogP contribution in [-0.2, 0) is 12.8 Å². The van der Waals surface area contributed by atoms with Crippen molar-refractivity contribution in [3.05, 3.63) is 53.6 Å². The second-order valence-electron chi connectivity index (χ2n) is 4.09. The Morgan fingerprint density at radius 1 is 1.00 bits per heavy atom. The Kier molecular flexibility index (Phi) is 3.48. The van der Waals surface area contributed by atoms with Crippen LogP contribution < -0.4 is 0 Å². The topological polar surface area (TPSA) is 40.5 Å². The molecule has 0 aliphatic heterocycles. The molecular formula is C14H11F3O2. The standard InChI is InChI=1S/C14H11F3O2/c15-14(16,17)11-4-5-12(13(19)7-11)10-3-1-2-9(6-10)8-18/h1-7,18-19H,8H2. The van der Waals surface area contributed by atoms with Gasteiger partial charge in [0.2, 0.25) is 0 Å². The molecule has 0 aromatic heterocycles. The number of rotatable bonds is 2. The minimum absolute atomic E-state index is 0.171. The maximum absolute atomic E-state index is 12.5. The van der Waals surface area contributed by atoms with Crippen LogP contribution in [-0.4, -0.2) is 10.2 Å². The molecule has 0 spiro atoms. The van der Waals surface area contributed by atoms with Gasteiger partial charge in [-0.15, -0.1) is 0 Å². The van der Waals surface area contributed by atoms with Crippen LogP contribution in [0.3, 0.4) is 0 Å². The summed E-state index contributed by atoms with van der Waals surface area (Å²) in [6.07, 6.45) is -4.48. The molecule has 5 heteroatoms. The monoisotopic (exact) mass is 268 g/mol. The van der Waals surface area contributed by atoms with Gasteiger partial charge in [0.25, 0.3) is 0 Å². The van der Waals surface area contributed by atoms with Gasteiger partial charge in [-0.2, -0.15) is 13.2 Å². The van der Waals surface area contributed by atoms with Gasteiger partial charge >= 0.3 is 6.18 Å². The zero-order valence-electron chi connectivity index (χ0n) is 9.78. The maximum Gasteiger partial charge on any atom is 0.416 e. The molecule has 0 fully saturated rings. The first kappa shape index (κ1) is 13.4. The Morgan fingerprint density at radius 3 is 2.32 bits per heavy atom. The molecule has 2 rings (SSSR count). The van der Waals surface area contributed by atoms with Gasteiger partial charge in [0.05, 0.1) is 12.2 Å². The molecule has 0 heterocycles. The lowest BCUT2D eigenvalue weighted by molar-refractivity contribution is -0.137. The molecule has 2 aromatic rings. The van der Waals surface area contributed by atoms with E-state index in [0.717, 1.165) is 6.07 Å². The average Bonchev–Trinajstić information content (AvgIpc) is 2.37. The van der Waals surface area contributed by atoms with Crippen LogP contribution in [0.5, 0.6) is 5.75 Å². The zero-order valence-corrected chi connectivity index (χ0v) is 9.78. The SMILES string of the molecule is OCc1cccc(-c2ccc(C(F)(F)F)cc2O)c1. The van der Waals surface area contributed by atoms with E-state index in [1.54, 1.807) is 24.3 Å². The highest BCUT2D eigenvalue weighted by atomic mass is 19.4. The van der Waals surface area contributed by atoms with Crippen molar-refractivity contribution in [3.8, 4) is 16.9 Å². The summed E-state index contributed by atoms with van der Waals surface area (Å²) in [5, 5.41) is 18.7. The third-order valence-electron chi connectivity index (χ3n) is 2.75. The van der Waals surface area contributed by atoms with Gasteiger partial charge < -0.3 is 10.2 Å². The maximum atomic E-state index is 12.5. The van der Waals surface area contributed by atoms with Crippen molar-refractivity contribution >= 4 is 0 Å². The normalized spacial score (nSPS) is 11.6. The van der Waals surface area contributed by atoms with Crippen LogP contribution in [0.15, 0.2) is 42.5 Å². The Labute approximate surface area is 107 Å². The van der Waals surface area contributed by atoms with Crippen LogP contribution in [0.4, 0.5) is 13.2 Å². The summed E-state index contributed by atoms with van der Waals surface area (Å²) in [4.78, 5) is 0. The van der Waals surface area contributed by atoms with E-state index in [-0.39, 0.29) is 6.61 Å². The van der Waals surface area contributed by atoms with Crippen molar-refractivity contribution in [1.29, 1.82) is 0 Å². The van der Waals surface area contributed by atoms with E-state index in [2.05, 4.69) is 0 Å². The van der Waals surface area contributed by atoms with Crippen LogP contribution in [0.25, 0.3) is 11.1 Å². The van der Waals surface area contributed by atoms with Crippen LogP contribution in [0, 0.1) is 0 Å². The largest absolute Gasteiger partial charge is 0.507 e. The molecular weight excluding hydrogens is 257 g/mol. The number of hydrogen-bond acceptors (Lipinski definition) is 2. The molecule has 0 atom stereocenters. The zero-order chi connectivity index (χ0) is 14.0. The Bertz CT molecular complexity index is 591. The fraction of sp³-hybridized carbons (Fsp3) is 0.143.